The Labute approximate surface area is 150 Å². The molecule has 2 aliphatic heterocycles. The van der Waals surface area contributed by atoms with E-state index in [1.54, 1.807) is 0 Å². The average molecular weight is 354 g/mol. The first-order valence-corrected chi connectivity index (χ1v) is 8.99. The molecule has 0 aliphatic carbocycles. The van der Waals surface area contributed by atoms with Crippen LogP contribution in [0.3, 0.4) is 0 Å². The third-order valence-electron chi connectivity index (χ3n) is 5.47. The largest absolute Gasteiger partial charge is 0.358 e. The summed E-state index contributed by atoms with van der Waals surface area (Å²) in [4.78, 5) is 43.2. The Morgan fingerprint density at radius 3 is 2.58 bits per heavy atom. The maximum absolute atomic E-state index is 13.0. The first kappa shape index (κ1) is 16.6. The molecule has 1 N–H and O–H groups in total. The number of rotatable bonds is 2. The number of nitrogens with zero attached hydrogens (tertiary/aromatic N) is 3. The lowest BCUT2D eigenvalue weighted by Gasteiger charge is -2.34. The lowest BCUT2D eigenvalue weighted by molar-refractivity contribution is -0.122. The second-order valence-electron chi connectivity index (χ2n) is 6.99. The van der Waals surface area contributed by atoms with Crippen molar-refractivity contribution in [2.24, 2.45) is 13.0 Å². The van der Waals surface area contributed by atoms with Crippen molar-refractivity contribution in [3.8, 4) is 0 Å². The average Bonchev–Trinajstić information content (AvgIpc) is 3.09. The smallest absolute Gasteiger partial charge is 0.329 e. The van der Waals surface area contributed by atoms with Gasteiger partial charge in [-0.2, -0.15) is 0 Å². The highest BCUT2D eigenvalue weighted by atomic mass is 16.2. The number of hydrogen-bond donors (Lipinski definition) is 1. The van der Waals surface area contributed by atoms with E-state index in [1.807, 2.05) is 28.0 Å². The Bertz CT molecular complexity index is 922. The van der Waals surface area contributed by atoms with Gasteiger partial charge in [-0.05, 0) is 30.9 Å². The molecule has 1 saturated heterocycles. The monoisotopic (exact) mass is 354 g/mol. The van der Waals surface area contributed by atoms with E-state index in [4.69, 9.17) is 0 Å². The normalized spacial score (nSPS) is 17.4. The van der Waals surface area contributed by atoms with Crippen molar-refractivity contribution >= 4 is 17.4 Å². The van der Waals surface area contributed by atoms with Crippen LogP contribution in [0.15, 0.2) is 39.9 Å². The summed E-state index contributed by atoms with van der Waals surface area (Å²) in [5.41, 5.74) is 1.53. The van der Waals surface area contributed by atoms with E-state index in [0.29, 0.717) is 18.9 Å². The molecule has 0 unspecified atom stereocenters. The number of piperidine rings is 1. The summed E-state index contributed by atoms with van der Waals surface area (Å²) in [6, 6.07) is 9.52. The molecule has 4 rings (SSSR count). The number of carbonyl (C=O) groups is 1. The fraction of sp³-hybridized carbons (Fsp3) is 0.421. The number of carbonyl (C=O) groups excluding carboxylic acids is 1. The van der Waals surface area contributed by atoms with Crippen molar-refractivity contribution in [1.29, 1.82) is 0 Å². The summed E-state index contributed by atoms with van der Waals surface area (Å²) in [6.07, 6.45) is 2.35. The molecule has 1 amide bonds. The fourth-order valence-corrected chi connectivity index (χ4v) is 3.87. The van der Waals surface area contributed by atoms with Crippen LogP contribution in [-0.2, 0) is 18.3 Å². The molecule has 7 heteroatoms. The predicted molar refractivity (Wildman–Crippen MR) is 99.7 cm³/mol. The quantitative estimate of drug-likeness (QED) is 0.868. The third-order valence-corrected chi connectivity index (χ3v) is 5.47. The standard InChI is InChI=1S/C19H22N4O3/c1-21-17(24)12-16(20-19(21)26)22-9-6-14(7-10-22)18(25)23-11-8-13-4-2-3-5-15(13)23/h2-5,12,14H,6-11H2,1H3,(H,20,26). The Hall–Kier alpha value is -2.83. The van der Waals surface area contributed by atoms with Gasteiger partial charge in [-0.3, -0.25) is 19.1 Å². The van der Waals surface area contributed by atoms with Gasteiger partial charge in [0.2, 0.25) is 5.91 Å². The minimum Gasteiger partial charge on any atom is -0.358 e. The number of amides is 1. The third kappa shape index (κ3) is 2.83. The van der Waals surface area contributed by atoms with E-state index in [2.05, 4.69) is 11.1 Å². The number of H-pyrrole nitrogens is 1. The van der Waals surface area contributed by atoms with Crippen LogP contribution in [0.2, 0.25) is 0 Å². The van der Waals surface area contributed by atoms with Crippen LogP contribution in [0.1, 0.15) is 18.4 Å². The number of para-hydroxylation sites is 1. The number of aromatic amines is 1. The number of hydrogen-bond acceptors (Lipinski definition) is 4. The molecule has 0 bridgehead atoms. The summed E-state index contributed by atoms with van der Waals surface area (Å²) >= 11 is 0. The van der Waals surface area contributed by atoms with E-state index >= 15 is 0 Å². The highest BCUT2D eigenvalue weighted by Gasteiger charge is 2.32. The van der Waals surface area contributed by atoms with Crippen molar-refractivity contribution in [1.82, 2.24) is 9.55 Å². The molecule has 3 heterocycles. The van der Waals surface area contributed by atoms with Crippen LogP contribution in [0, 0.1) is 5.92 Å². The van der Waals surface area contributed by atoms with Gasteiger partial charge in [-0.1, -0.05) is 18.2 Å². The second kappa shape index (κ2) is 6.48. The van der Waals surface area contributed by atoms with Gasteiger partial charge >= 0.3 is 5.69 Å². The molecule has 0 radical (unpaired) electrons. The minimum atomic E-state index is -0.417. The van der Waals surface area contributed by atoms with E-state index in [9.17, 15) is 14.4 Å². The molecule has 7 nitrogen and oxygen atoms in total. The van der Waals surface area contributed by atoms with Gasteiger partial charge in [0.1, 0.15) is 5.82 Å². The van der Waals surface area contributed by atoms with Gasteiger partial charge in [0, 0.05) is 44.4 Å². The molecule has 0 spiro atoms. The Morgan fingerprint density at radius 1 is 1.12 bits per heavy atom. The van der Waals surface area contributed by atoms with E-state index in [0.717, 1.165) is 36.1 Å². The first-order valence-electron chi connectivity index (χ1n) is 8.99. The topological polar surface area (TPSA) is 78.4 Å². The van der Waals surface area contributed by atoms with Crippen LogP contribution in [0.25, 0.3) is 0 Å². The van der Waals surface area contributed by atoms with Crippen LogP contribution in [0.4, 0.5) is 11.5 Å². The van der Waals surface area contributed by atoms with Crippen LogP contribution in [0.5, 0.6) is 0 Å². The number of fused-ring (bicyclic) bond motifs is 1. The Morgan fingerprint density at radius 2 is 1.85 bits per heavy atom. The summed E-state index contributed by atoms with van der Waals surface area (Å²) < 4.78 is 1.05. The second-order valence-corrected chi connectivity index (χ2v) is 6.99. The molecule has 26 heavy (non-hydrogen) atoms. The summed E-state index contributed by atoms with van der Waals surface area (Å²) in [6.45, 7) is 2.05. The minimum absolute atomic E-state index is 0.0179. The van der Waals surface area contributed by atoms with Crippen molar-refractivity contribution in [2.45, 2.75) is 19.3 Å². The number of aromatic nitrogens is 2. The van der Waals surface area contributed by atoms with Gasteiger partial charge in [0.05, 0.1) is 0 Å². The molecule has 0 atom stereocenters. The molecule has 136 valence electrons. The van der Waals surface area contributed by atoms with Gasteiger partial charge in [-0.25, -0.2) is 4.79 Å². The number of benzene rings is 1. The Balaban J connectivity index is 1.45. The lowest BCUT2D eigenvalue weighted by Crippen LogP contribution is -2.43. The van der Waals surface area contributed by atoms with Gasteiger partial charge in [0.15, 0.2) is 0 Å². The fourth-order valence-electron chi connectivity index (χ4n) is 3.87. The zero-order valence-corrected chi connectivity index (χ0v) is 14.8. The molecule has 2 aliphatic rings. The van der Waals surface area contributed by atoms with Crippen molar-refractivity contribution < 1.29 is 4.79 Å². The van der Waals surface area contributed by atoms with Gasteiger partial charge in [-0.15, -0.1) is 0 Å². The molecule has 1 aromatic carbocycles. The maximum atomic E-state index is 13.0. The van der Waals surface area contributed by atoms with Crippen molar-refractivity contribution in [3.63, 3.8) is 0 Å². The van der Waals surface area contributed by atoms with Crippen LogP contribution >= 0.6 is 0 Å². The number of nitrogens with one attached hydrogen (secondary N) is 1. The first-order chi connectivity index (χ1) is 12.5. The molecular weight excluding hydrogens is 332 g/mol. The summed E-state index contributed by atoms with van der Waals surface area (Å²) in [7, 11) is 1.45. The van der Waals surface area contributed by atoms with E-state index < -0.39 is 5.69 Å². The van der Waals surface area contributed by atoms with Gasteiger partial charge in [0.25, 0.3) is 5.56 Å². The van der Waals surface area contributed by atoms with Gasteiger partial charge < -0.3 is 9.80 Å². The highest BCUT2D eigenvalue weighted by molar-refractivity contribution is 5.97. The molecular formula is C19H22N4O3. The molecule has 1 fully saturated rings. The molecule has 2 aromatic rings. The molecule has 0 saturated carbocycles. The number of anilines is 2. The van der Waals surface area contributed by atoms with Crippen molar-refractivity contribution in [2.75, 3.05) is 29.4 Å². The SMILES string of the molecule is Cn1c(=O)cc(N2CCC(C(=O)N3CCc4ccccc43)CC2)[nH]c1=O. The maximum Gasteiger partial charge on any atom is 0.329 e. The summed E-state index contributed by atoms with van der Waals surface area (Å²) in [5, 5.41) is 0. The Kier molecular flexibility index (Phi) is 4.14. The van der Waals surface area contributed by atoms with Crippen LogP contribution in [-0.4, -0.2) is 35.1 Å². The zero-order valence-electron chi connectivity index (χ0n) is 14.8. The highest BCUT2D eigenvalue weighted by Crippen LogP contribution is 2.31. The van der Waals surface area contributed by atoms with Crippen LogP contribution < -0.4 is 21.0 Å². The zero-order chi connectivity index (χ0) is 18.3. The van der Waals surface area contributed by atoms with Crippen molar-refractivity contribution in [3.05, 3.63) is 56.7 Å². The predicted octanol–water partition coefficient (Wildman–Crippen LogP) is 0.879. The molecule has 1 aromatic heterocycles. The summed E-state index contributed by atoms with van der Waals surface area (Å²) in [5.74, 6) is 0.707. The van der Waals surface area contributed by atoms with E-state index in [1.165, 1.54) is 18.7 Å². The lowest BCUT2D eigenvalue weighted by atomic mass is 9.95. The van der Waals surface area contributed by atoms with E-state index in [-0.39, 0.29) is 17.4 Å².